The van der Waals surface area contributed by atoms with E-state index in [0.717, 1.165) is 0 Å². The number of pyridine rings is 2. The van der Waals surface area contributed by atoms with Crippen molar-refractivity contribution in [2.24, 2.45) is 0 Å². The molecule has 0 saturated heterocycles. The highest BCUT2D eigenvalue weighted by Crippen LogP contribution is 2.23. The highest BCUT2D eigenvalue weighted by atomic mass is 16.5. The SMILES string of the molecule is Cc1cc(C#N)cnc1C(=O)Nc1ccc(N)c(C(=N)c2cncc(OC(C)C)c2)c1. The normalized spacial score (nSPS) is 10.4. The minimum Gasteiger partial charge on any atom is -0.489 e. The summed E-state index contributed by atoms with van der Waals surface area (Å²) in [5, 5.41) is 20.3. The molecular formula is C23H22N6O2. The lowest BCUT2D eigenvalue weighted by molar-refractivity contribution is 0.102. The average Bonchev–Trinajstić information content (AvgIpc) is 2.74. The zero-order chi connectivity index (χ0) is 22.5. The number of hydrogen-bond donors (Lipinski definition) is 3. The Bertz CT molecular complexity index is 1200. The number of carbonyl (C=O) groups is 1. The Labute approximate surface area is 180 Å². The molecule has 4 N–H and O–H groups in total. The van der Waals surface area contributed by atoms with Gasteiger partial charge in [0.25, 0.3) is 5.91 Å². The summed E-state index contributed by atoms with van der Waals surface area (Å²) in [6, 6.07) is 10.2. The number of benzene rings is 1. The Morgan fingerprint density at radius 3 is 2.68 bits per heavy atom. The van der Waals surface area contributed by atoms with Gasteiger partial charge in [0.05, 0.1) is 23.6 Å². The Kier molecular flexibility index (Phi) is 6.26. The Balaban J connectivity index is 1.86. The van der Waals surface area contributed by atoms with Crippen LogP contribution in [-0.4, -0.2) is 27.7 Å². The molecule has 0 unspecified atom stereocenters. The summed E-state index contributed by atoms with van der Waals surface area (Å²) in [5.41, 5.74) is 9.29. The third kappa shape index (κ3) is 5.03. The van der Waals surface area contributed by atoms with Gasteiger partial charge in [-0.15, -0.1) is 0 Å². The van der Waals surface area contributed by atoms with Crippen LogP contribution in [0.15, 0.2) is 48.9 Å². The number of amides is 1. The highest BCUT2D eigenvalue weighted by molar-refractivity contribution is 6.14. The Hall–Kier alpha value is -4.25. The van der Waals surface area contributed by atoms with Crippen molar-refractivity contribution in [1.82, 2.24) is 9.97 Å². The van der Waals surface area contributed by atoms with Gasteiger partial charge in [0, 0.05) is 34.9 Å². The van der Waals surface area contributed by atoms with E-state index in [1.807, 2.05) is 19.9 Å². The fraction of sp³-hybridized carbons (Fsp3) is 0.174. The first-order chi connectivity index (χ1) is 14.8. The van der Waals surface area contributed by atoms with E-state index in [-0.39, 0.29) is 17.5 Å². The van der Waals surface area contributed by atoms with E-state index in [9.17, 15) is 4.79 Å². The number of nitrogens with one attached hydrogen (secondary N) is 2. The largest absolute Gasteiger partial charge is 0.489 e. The van der Waals surface area contributed by atoms with E-state index in [1.54, 1.807) is 49.6 Å². The van der Waals surface area contributed by atoms with Crippen LogP contribution >= 0.6 is 0 Å². The smallest absolute Gasteiger partial charge is 0.274 e. The fourth-order valence-electron chi connectivity index (χ4n) is 2.96. The van der Waals surface area contributed by atoms with Gasteiger partial charge in [0.15, 0.2) is 0 Å². The van der Waals surface area contributed by atoms with Crippen LogP contribution in [0.25, 0.3) is 0 Å². The molecule has 0 fully saturated rings. The summed E-state index contributed by atoms with van der Waals surface area (Å²) < 4.78 is 5.65. The van der Waals surface area contributed by atoms with Crippen LogP contribution in [0, 0.1) is 23.7 Å². The molecule has 0 radical (unpaired) electrons. The molecule has 1 aromatic carbocycles. The molecule has 0 aliphatic rings. The van der Waals surface area contributed by atoms with Gasteiger partial charge in [-0.2, -0.15) is 5.26 Å². The van der Waals surface area contributed by atoms with Crippen LogP contribution in [0.5, 0.6) is 5.75 Å². The third-order valence-corrected chi connectivity index (χ3v) is 4.38. The lowest BCUT2D eigenvalue weighted by Crippen LogP contribution is -2.16. The molecule has 31 heavy (non-hydrogen) atoms. The monoisotopic (exact) mass is 414 g/mol. The molecule has 8 heteroatoms. The summed E-state index contributed by atoms with van der Waals surface area (Å²) in [5.74, 6) is 0.140. The maximum absolute atomic E-state index is 12.6. The second-order valence-electron chi connectivity index (χ2n) is 7.21. The van der Waals surface area contributed by atoms with Crippen molar-refractivity contribution < 1.29 is 9.53 Å². The van der Waals surface area contributed by atoms with Crippen molar-refractivity contribution in [3.63, 3.8) is 0 Å². The number of rotatable bonds is 6. The average molecular weight is 414 g/mol. The van der Waals surface area contributed by atoms with Gasteiger partial charge in [0.1, 0.15) is 17.5 Å². The predicted octanol–water partition coefficient (Wildman–Crippen LogP) is 3.69. The first-order valence-corrected chi connectivity index (χ1v) is 9.57. The van der Waals surface area contributed by atoms with E-state index in [4.69, 9.17) is 21.1 Å². The van der Waals surface area contributed by atoms with Gasteiger partial charge in [-0.1, -0.05) is 0 Å². The predicted molar refractivity (Wildman–Crippen MR) is 118 cm³/mol. The number of carbonyl (C=O) groups excluding carboxylic acids is 1. The molecule has 156 valence electrons. The molecule has 0 spiro atoms. The van der Waals surface area contributed by atoms with Crippen molar-refractivity contribution in [3.05, 3.63) is 76.9 Å². The fourth-order valence-corrected chi connectivity index (χ4v) is 2.96. The van der Waals surface area contributed by atoms with Crippen molar-refractivity contribution in [2.75, 3.05) is 11.1 Å². The maximum Gasteiger partial charge on any atom is 0.274 e. The molecule has 0 saturated carbocycles. The van der Waals surface area contributed by atoms with Crippen LogP contribution in [0.3, 0.4) is 0 Å². The minimum atomic E-state index is -0.418. The van der Waals surface area contributed by atoms with Crippen LogP contribution in [0.4, 0.5) is 11.4 Å². The third-order valence-electron chi connectivity index (χ3n) is 4.38. The Morgan fingerprint density at radius 2 is 2.00 bits per heavy atom. The van der Waals surface area contributed by atoms with E-state index in [0.29, 0.717) is 39.4 Å². The summed E-state index contributed by atoms with van der Waals surface area (Å²) in [7, 11) is 0. The van der Waals surface area contributed by atoms with Crippen molar-refractivity contribution in [3.8, 4) is 11.8 Å². The van der Waals surface area contributed by atoms with Crippen LogP contribution < -0.4 is 15.8 Å². The van der Waals surface area contributed by atoms with Gasteiger partial charge in [-0.05, 0) is 56.7 Å². The number of nitriles is 1. The zero-order valence-electron chi connectivity index (χ0n) is 17.4. The number of nitrogens with zero attached hydrogens (tertiary/aromatic N) is 3. The van der Waals surface area contributed by atoms with Gasteiger partial charge >= 0.3 is 0 Å². The molecular weight excluding hydrogens is 392 g/mol. The lowest BCUT2D eigenvalue weighted by Gasteiger charge is -2.13. The van der Waals surface area contributed by atoms with Crippen molar-refractivity contribution >= 4 is 23.0 Å². The second kappa shape index (κ2) is 9.05. The van der Waals surface area contributed by atoms with Crippen LogP contribution in [0.2, 0.25) is 0 Å². The standard InChI is InChI=1S/C23H22N6O2/c1-13(2)31-18-7-16(11-27-12-18)21(26)19-8-17(4-5-20(19)25)29-23(30)22-14(3)6-15(9-24)10-28-22/h4-8,10-13,26H,25H2,1-3H3,(H,29,30). The molecule has 1 amide bonds. The number of anilines is 2. The van der Waals surface area contributed by atoms with Gasteiger partial charge in [-0.25, -0.2) is 4.98 Å². The Morgan fingerprint density at radius 1 is 1.23 bits per heavy atom. The number of aromatic nitrogens is 2. The van der Waals surface area contributed by atoms with Crippen molar-refractivity contribution in [2.45, 2.75) is 26.9 Å². The molecule has 0 aliphatic heterocycles. The van der Waals surface area contributed by atoms with Gasteiger partial charge in [-0.3, -0.25) is 15.2 Å². The van der Waals surface area contributed by atoms with E-state index in [2.05, 4.69) is 15.3 Å². The molecule has 0 aliphatic carbocycles. The maximum atomic E-state index is 12.6. The summed E-state index contributed by atoms with van der Waals surface area (Å²) >= 11 is 0. The second-order valence-corrected chi connectivity index (χ2v) is 7.21. The molecule has 2 heterocycles. The molecule has 3 aromatic rings. The first-order valence-electron chi connectivity index (χ1n) is 9.57. The lowest BCUT2D eigenvalue weighted by atomic mass is 10.0. The van der Waals surface area contributed by atoms with E-state index < -0.39 is 5.91 Å². The van der Waals surface area contributed by atoms with Crippen LogP contribution in [-0.2, 0) is 0 Å². The quantitative estimate of drug-likeness (QED) is 0.415. The van der Waals surface area contributed by atoms with Gasteiger partial charge in [0.2, 0.25) is 0 Å². The summed E-state index contributed by atoms with van der Waals surface area (Å²) in [6.07, 6.45) is 4.48. The van der Waals surface area contributed by atoms with E-state index >= 15 is 0 Å². The number of ether oxygens (including phenoxy) is 1. The molecule has 0 bridgehead atoms. The van der Waals surface area contributed by atoms with Gasteiger partial charge < -0.3 is 15.8 Å². The number of nitrogens with two attached hydrogens (primary N) is 1. The number of nitrogen functional groups attached to an aromatic ring is 1. The van der Waals surface area contributed by atoms with Crippen LogP contribution in [0.1, 0.15) is 46.6 Å². The molecule has 3 rings (SSSR count). The molecule has 0 atom stereocenters. The minimum absolute atomic E-state index is 0.0193. The zero-order valence-corrected chi connectivity index (χ0v) is 17.4. The molecule has 8 nitrogen and oxygen atoms in total. The number of aryl methyl sites for hydroxylation is 1. The number of hydrogen-bond acceptors (Lipinski definition) is 7. The molecule has 2 aromatic heterocycles. The summed E-state index contributed by atoms with van der Waals surface area (Å²) in [4.78, 5) is 20.9. The highest BCUT2D eigenvalue weighted by Gasteiger charge is 2.15. The summed E-state index contributed by atoms with van der Waals surface area (Å²) in [6.45, 7) is 5.53. The first kappa shape index (κ1) is 21.5. The topological polar surface area (TPSA) is 138 Å². The van der Waals surface area contributed by atoms with Crippen molar-refractivity contribution in [1.29, 1.82) is 10.7 Å². The van der Waals surface area contributed by atoms with E-state index in [1.165, 1.54) is 6.20 Å².